The van der Waals surface area contributed by atoms with Crippen LogP contribution < -0.4 is 0 Å². The molecule has 0 aliphatic rings. The maximum absolute atomic E-state index is 11.3. The van der Waals surface area contributed by atoms with E-state index in [9.17, 15) is 4.39 Å². The average Bonchev–Trinajstić information content (AvgIpc) is 1.35. The lowest BCUT2D eigenvalue weighted by Gasteiger charge is -1.88. The second-order valence-corrected chi connectivity index (χ2v) is 1.84. The van der Waals surface area contributed by atoms with E-state index in [-0.39, 0.29) is 0 Å². The van der Waals surface area contributed by atoms with Crippen molar-refractivity contribution in [3.8, 4) is 6.07 Å². The molecular weight excluding hydrogens is 128 g/mol. The first-order chi connectivity index (χ1) is 2.56. The highest BCUT2D eigenvalue weighted by atomic mass is 35.5. The Morgan fingerprint density at radius 3 is 1.83 bits per heavy atom. The smallest absolute Gasteiger partial charge is 0.192 e. The van der Waals surface area contributed by atoms with Crippen molar-refractivity contribution in [2.75, 3.05) is 0 Å². The molecule has 34 valence electrons. The molecule has 0 aliphatic heterocycles. The van der Waals surface area contributed by atoms with E-state index in [4.69, 9.17) is 5.26 Å². The normalized spacial score (nSPS) is 10.3. The summed E-state index contributed by atoms with van der Waals surface area (Å²) in [7, 11) is 0. The summed E-state index contributed by atoms with van der Waals surface area (Å²) >= 11 is 8.91. The minimum Gasteiger partial charge on any atom is -0.192 e. The molecule has 0 atom stereocenters. The van der Waals surface area contributed by atoms with Gasteiger partial charge in [-0.25, -0.2) is 0 Å². The molecule has 0 amide bonds. The molecule has 0 aromatic heterocycles. The molecule has 0 aliphatic carbocycles. The number of hydrogen-bond donors (Lipinski definition) is 0. The molecule has 0 bridgehead atoms. The molecule has 0 unspecified atom stereocenters. The first-order valence-electron chi connectivity index (χ1n) is 1.04. The van der Waals surface area contributed by atoms with Gasteiger partial charge in [-0.05, 0) is 23.2 Å². The van der Waals surface area contributed by atoms with E-state index in [1.54, 1.807) is 0 Å². The number of hydrogen-bond acceptors (Lipinski definition) is 1. The number of nitriles is 1. The molecule has 1 nitrogen and oxygen atoms in total. The van der Waals surface area contributed by atoms with Gasteiger partial charge in [0, 0.05) is 0 Å². The Labute approximate surface area is 44.3 Å². The molecule has 4 heteroatoms. The van der Waals surface area contributed by atoms with Crippen LogP contribution >= 0.6 is 23.2 Å². The SMILES string of the molecule is N#CC(F)(Cl)Cl. The zero-order valence-electron chi connectivity index (χ0n) is 2.58. The standard InChI is InChI=1S/C2Cl2FN/c3-2(4,5)1-6. The van der Waals surface area contributed by atoms with Crippen LogP contribution in [0.1, 0.15) is 0 Å². The Hall–Kier alpha value is -0.000000000000000111. The summed E-state index contributed by atoms with van der Waals surface area (Å²) in [6.07, 6.45) is 0. The Balaban J connectivity index is 3.55. The predicted molar refractivity (Wildman–Crippen MR) is 21.2 cm³/mol. The predicted octanol–water partition coefficient (Wildman–Crippen LogP) is 1.61. The Kier molecular flexibility index (Phi) is 1.63. The molecule has 0 radical (unpaired) electrons. The summed E-state index contributed by atoms with van der Waals surface area (Å²) in [6, 6.07) is 0.968. The molecule has 6 heavy (non-hydrogen) atoms. The lowest BCUT2D eigenvalue weighted by atomic mass is 10.9. The highest BCUT2D eigenvalue weighted by Crippen LogP contribution is 2.19. The zero-order chi connectivity index (χ0) is 5.21. The third-order valence-electron chi connectivity index (χ3n) is 0.127. The van der Waals surface area contributed by atoms with E-state index >= 15 is 0 Å². The Morgan fingerprint density at radius 1 is 1.67 bits per heavy atom. The van der Waals surface area contributed by atoms with Crippen LogP contribution in [0.2, 0.25) is 0 Å². The molecule has 0 aromatic carbocycles. The van der Waals surface area contributed by atoms with Gasteiger partial charge in [-0.3, -0.25) is 0 Å². The van der Waals surface area contributed by atoms with Crippen LogP contribution in [0.25, 0.3) is 0 Å². The molecule has 0 saturated heterocycles. The van der Waals surface area contributed by atoms with Crippen molar-refractivity contribution in [1.29, 1.82) is 5.26 Å². The van der Waals surface area contributed by atoms with Crippen LogP contribution in [0.4, 0.5) is 4.39 Å². The number of rotatable bonds is 0. The van der Waals surface area contributed by atoms with Crippen molar-refractivity contribution >= 4 is 23.2 Å². The average molecular weight is 128 g/mol. The highest BCUT2D eigenvalue weighted by Gasteiger charge is 2.19. The lowest BCUT2D eigenvalue weighted by Crippen LogP contribution is -1.95. The van der Waals surface area contributed by atoms with Gasteiger partial charge in [-0.1, -0.05) is 0 Å². The fraction of sp³-hybridized carbons (Fsp3) is 0.500. The molecule has 0 N–H and O–H groups in total. The van der Waals surface area contributed by atoms with E-state index in [1.807, 2.05) is 0 Å². The van der Waals surface area contributed by atoms with Crippen LogP contribution in [0, 0.1) is 11.3 Å². The number of alkyl halides is 3. The number of nitrogens with zero attached hydrogens (tertiary/aromatic N) is 1. The summed E-state index contributed by atoms with van der Waals surface area (Å²) in [5, 5.41) is 7.51. The van der Waals surface area contributed by atoms with Crippen molar-refractivity contribution in [2.24, 2.45) is 0 Å². The van der Waals surface area contributed by atoms with Gasteiger partial charge in [-0.15, -0.1) is 0 Å². The summed E-state index contributed by atoms with van der Waals surface area (Å²) in [5.74, 6) is 0. The first kappa shape index (κ1) is 6.00. The van der Waals surface area contributed by atoms with Gasteiger partial charge >= 0.3 is 4.59 Å². The van der Waals surface area contributed by atoms with Gasteiger partial charge in [0.15, 0.2) is 0 Å². The molecule has 0 saturated carbocycles. The maximum Gasteiger partial charge on any atom is 0.343 e. The van der Waals surface area contributed by atoms with Gasteiger partial charge in [0.2, 0.25) is 0 Å². The van der Waals surface area contributed by atoms with Gasteiger partial charge in [0.05, 0.1) is 0 Å². The fourth-order valence-corrected chi connectivity index (χ4v) is 0. The summed E-state index contributed by atoms with van der Waals surface area (Å²) in [6.45, 7) is 0. The first-order valence-corrected chi connectivity index (χ1v) is 1.80. The molecular formula is C2Cl2FN. The van der Waals surface area contributed by atoms with E-state index in [0.717, 1.165) is 6.07 Å². The van der Waals surface area contributed by atoms with Gasteiger partial charge in [0.1, 0.15) is 6.07 Å². The summed E-state index contributed by atoms with van der Waals surface area (Å²) < 4.78 is 8.58. The van der Waals surface area contributed by atoms with Crippen LogP contribution in [0.15, 0.2) is 0 Å². The van der Waals surface area contributed by atoms with Crippen LogP contribution in [-0.4, -0.2) is 4.59 Å². The van der Waals surface area contributed by atoms with Gasteiger partial charge in [0.25, 0.3) is 0 Å². The summed E-state index contributed by atoms with van der Waals surface area (Å²) in [4.78, 5) is 0. The number of halogens is 3. The van der Waals surface area contributed by atoms with E-state index in [1.165, 1.54) is 0 Å². The largest absolute Gasteiger partial charge is 0.343 e. The quantitative estimate of drug-likeness (QED) is 0.454. The van der Waals surface area contributed by atoms with Crippen molar-refractivity contribution in [2.45, 2.75) is 4.59 Å². The summed E-state index contributed by atoms with van der Waals surface area (Å²) in [5.41, 5.74) is 0. The highest BCUT2D eigenvalue weighted by molar-refractivity contribution is 6.49. The minimum atomic E-state index is -2.71. The minimum absolute atomic E-state index is 0.968. The third kappa shape index (κ3) is 4.00. The third-order valence-corrected chi connectivity index (χ3v) is 0.296. The molecule has 0 rings (SSSR count). The van der Waals surface area contributed by atoms with Crippen LogP contribution in [0.3, 0.4) is 0 Å². The second kappa shape index (κ2) is 1.63. The lowest BCUT2D eigenvalue weighted by molar-refractivity contribution is 0.472. The van der Waals surface area contributed by atoms with Crippen molar-refractivity contribution in [3.05, 3.63) is 0 Å². The topological polar surface area (TPSA) is 23.8 Å². The molecule has 0 aromatic rings. The van der Waals surface area contributed by atoms with Gasteiger partial charge in [-0.2, -0.15) is 9.65 Å². The van der Waals surface area contributed by atoms with Crippen molar-refractivity contribution in [3.63, 3.8) is 0 Å². The monoisotopic (exact) mass is 127 g/mol. The zero-order valence-corrected chi connectivity index (χ0v) is 4.09. The van der Waals surface area contributed by atoms with Gasteiger partial charge < -0.3 is 0 Å². The Bertz CT molecular complexity index is 78.5. The fourth-order valence-electron chi connectivity index (χ4n) is 0. The molecule has 0 fully saturated rings. The van der Waals surface area contributed by atoms with Crippen LogP contribution in [-0.2, 0) is 0 Å². The molecule has 0 heterocycles. The van der Waals surface area contributed by atoms with Crippen LogP contribution in [0.5, 0.6) is 0 Å². The van der Waals surface area contributed by atoms with Crippen molar-refractivity contribution in [1.82, 2.24) is 0 Å². The molecule has 0 spiro atoms. The Morgan fingerprint density at radius 2 is 1.83 bits per heavy atom. The van der Waals surface area contributed by atoms with E-state index in [2.05, 4.69) is 23.2 Å². The maximum atomic E-state index is 11.3. The van der Waals surface area contributed by atoms with E-state index < -0.39 is 4.59 Å². The van der Waals surface area contributed by atoms with Crippen molar-refractivity contribution < 1.29 is 4.39 Å². The second-order valence-electron chi connectivity index (χ2n) is 0.610. The van der Waals surface area contributed by atoms with E-state index in [0.29, 0.717) is 0 Å².